The van der Waals surface area contributed by atoms with E-state index in [2.05, 4.69) is 20.0 Å². The fourth-order valence-electron chi connectivity index (χ4n) is 3.10. The van der Waals surface area contributed by atoms with Crippen LogP contribution in [0.1, 0.15) is 5.89 Å². The van der Waals surface area contributed by atoms with Gasteiger partial charge in [0, 0.05) is 36.8 Å². The number of piperazine rings is 1. The van der Waals surface area contributed by atoms with Gasteiger partial charge in [-0.05, 0) is 30.3 Å². The third-order valence-corrected chi connectivity index (χ3v) is 4.70. The Morgan fingerprint density at radius 1 is 1.00 bits per heavy atom. The van der Waals surface area contributed by atoms with E-state index in [0.29, 0.717) is 29.0 Å². The molecule has 4 rings (SSSR count). The van der Waals surface area contributed by atoms with E-state index < -0.39 is 0 Å². The molecule has 1 aromatic heterocycles. The Labute approximate surface area is 156 Å². The minimum absolute atomic E-state index is 0.177. The predicted molar refractivity (Wildman–Crippen MR) is 98.6 cm³/mol. The number of anilines is 1. The van der Waals surface area contributed by atoms with Crippen LogP contribution in [-0.4, -0.2) is 41.3 Å². The van der Waals surface area contributed by atoms with Crippen LogP contribution in [0.3, 0.4) is 0 Å². The summed E-state index contributed by atoms with van der Waals surface area (Å²) in [7, 11) is 0. The number of rotatable bonds is 4. The predicted octanol–water partition coefficient (Wildman–Crippen LogP) is 3.85. The molecule has 0 spiro atoms. The summed E-state index contributed by atoms with van der Waals surface area (Å²) in [6, 6.07) is 14.2. The Kier molecular flexibility index (Phi) is 4.86. The molecule has 0 unspecified atom stereocenters. The third-order valence-electron chi connectivity index (χ3n) is 4.46. The van der Waals surface area contributed by atoms with Gasteiger partial charge in [-0.3, -0.25) is 4.90 Å². The van der Waals surface area contributed by atoms with Gasteiger partial charge in [0.1, 0.15) is 5.82 Å². The van der Waals surface area contributed by atoms with Crippen molar-refractivity contribution in [2.75, 3.05) is 31.1 Å². The van der Waals surface area contributed by atoms with Crippen molar-refractivity contribution in [1.29, 1.82) is 0 Å². The van der Waals surface area contributed by atoms with Crippen LogP contribution in [0.4, 0.5) is 10.1 Å². The molecule has 7 heteroatoms. The summed E-state index contributed by atoms with van der Waals surface area (Å²) >= 11 is 6.00. The van der Waals surface area contributed by atoms with E-state index >= 15 is 0 Å². The minimum Gasteiger partial charge on any atom is -0.419 e. The Morgan fingerprint density at radius 2 is 1.81 bits per heavy atom. The molecule has 1 aliphatic rings. The highest BCUT2D eigenvalue weighted by Gasteiger charge is 2.21. The van der Waals surface area contributed by atoms with Gasteiger partial charge >= 0.3 is 0 Å². The molecule has 0 radical (unpaired) electrons. The second-order valence-electron chi connectivity index (χ2n) is 6.23. The number of aromatic nitrogens is 2. The molecule has 2 aromatic carbocycles. The van der Waals surface area contributed by atoms with E-state index in [1.807, 2.05) is 24.3 Å². The second kappa shape index (κ2) is 7.43. The van der Waals surface area contributed by atoms with Crippen LogP contribution in [0, 0.1) is 5.82 Å². The highest BCUT2D eigenvalue weighted by Crippen LogP contribution is 2.23. The molecule has 26 heavy (non-hydrogen) atoms. The van der Waals surface area contributed by atoms with Crippen LogP contribution in [0.25, 0.3) is 11.5 Å². The van der Waals surface area contributed by atoms with Crippen LogP contribution in [0.15, 0.2) is 52.9 Å². The first-order valence-corrected chi connectivity index (χ1v) is 8.87. The minimum atomic E-state index is -0.177. The van der Waals surface area contributed by atoms with Crippen LogP contribution in [0.2, 0.25) is 5.02 Å². The zero-order chi connectivity index (χ0) is 17.9. The number of nitrogens with zero attached hydrogens (tertiary/aromatic N) is 4. The van der Waals surface area contributed by atoms with E-state index in [0.717, 1.165) is 31.7 Å². The average molecular weight is 373 g/mol. The molecule has 0 amide bonds. The van der Waals surface area contributed by atoms with Crippen molar-refractivity contribution in [2.24, 2.45) is 0 Å². The molecule has 0 N–H and O–H groups in total. The molecule has 2 heterocycles. The standard InChI is InChI=1S/C19H18ClFN4O/c20-15-5-3-4-14(12-15)19-23-22-18(26-19)13-24-8-10-25(11-9-24)17-7-2-1-6-16(17)21/h1-7,12H,8-11,13H2. The zero-order valence-electron chi connectivity index (χ0n) is 14.1. The van der Waals surface area contributed by atoms with Crippen LogP contribution >= 0.6 is 11.6 Å². The van der Waals surface area contributed by atoms with Crippen molar-refractivity contribution in [1.82, 2.24) is 15.1 Å². The first kappa shape index (κ1) is 17.0. The van der Waals surface area contributed by atoms with E-state index in [-0.39, 0.29) is 5.82 Å². The molecule has 1 aliphatic heterocycles. The highest BCUT2D eigenvalue weighted by atomic mass is 35.5. The monoisotopic (exact) mass is 372 g/mol. The Morgan fingerprint density at radius 3 is 2.58 bits per heavy atom. The van der Waals surface area contributed by atoms with E-state index in [4.69, 9.17) is 16.0 Å². The van der Waals surface area contributed by atoms with Crippen LogP contribution in [0.5, 0.6) is 0 Å². The fraction of sp³-hybridized carbons (Fsp3) is 0.263. The molecule has 0 atom stereocenters. The van der Waals surface area contributed by atoms with Crippen molar-refractivity contribution in [3.63, 3.8) is 0 Å². The Balaban J connectivity index is 1.37. The van der Waals surface area contributed by atoms with Gasteiger partial charge < -0.3 is 9.32 Å². The summed E-state index contributed by atoms with van der Waals surface area (Å²) < 4.78 is 19.7. The lowest BCUT2D eigenvalue weighted by molar-refractivity contribution is 0.226. The average Bonchev–Trinajstić information content (AvgIpc) is 3.12. The van der Waals surface area contributed by atoms with Gasteiger partial charge in [0.05, 0.1) is 12.2 Å². The smallest absolute Gasteiger partial charge is 0.247 e. The highest BCUT2D eigenvalue weighted by molar-refractivity contribution is 6.30. The largest absolute Gasteiger partial charge is 0.419 e. The zero-order valence-corrected chi connectivity index (χ0v) is 14.9. The van der Waals surface area contributed by atoms with E-state index in [1.165, 1.54) is 6.07 Å². The van der Waals surface area contributed by atoms with Crippen molar-refractivity contribution in [2.45, 2.75) is 6.54 Å². The number of hydrogen-bond acceptors (Lipinski definition) is 5. The number of para-hydroxylation sites is 1. The second-order valence-corrected chi connectivity index (χ2v) is 6.66. The van der Waals surface area contributed by atoms with Gasteiger partial charge in [-0.15, -0.1) is 10.2 Å². The van der Waals surface area contributed by atoms with E-state index in [1.54, 1.807) is 18.2 Å². The van der Waals surface area contributed by atoms with Gasteiger partial charge in [0.15, 0.2) is 0 Å². The Bertz CT molecular complexity index is 893. The molecular formula is C19H18ClFN4O. The molecule has 3 aromatic rings. The quantitative estimate of drug-likeness (QED) is 0.696. The third kappa shape index (κ3) is 3.71. The Hall–Kier alpha value is -2.44. The summed E-state index contributed by atoms with van der Waals surface area (Å²) in [5.74, 6) is 0.857. The van der Waals surface area contributed by atoms with Crippen molar-refractivity contribution >= 4 is 17.3 Å². The first-order chi connectivity index (χ1) is 12.7. The SMILES string of the molecule is Fc1ccccc1N1CCN(Cc2nnc(-c3cccc(Cl)c3)o2)CC1. The van der Waals surface area contributed by atoms with Crippen LogP contribution in [-0.2, 0) is 6.54 Å². The molecule has 5 nitrogen and oxygen atoms in total. The summed E-state index contributed by atoms with van der Waals surface area (Å²) in [5.41, 5.74) is 1.47. The fourth-order valence-corrected chi connectivity index (χ4v) is 3.29. The summed E-state index contributed by atoms with van der Waals surface area (Å²) in [4.78, 5) is 4.30. The number of hydrogen-bond donors (Lipinski definition) is 0. The molecule has 1 saturated heterocycles. The molecule has 0 saturated carbocycles. The summed E-state index contributed by atoms with van der Waals surface area (Å²) in [5, 5.41) is 8.87. The van der Waals surface area contributed by atoms with Gasteiger partial charge in [-0.25, -0.2) is 4.39 Å². The first-order valence-electron chi connectivity index (χ1n) is 8.49. The molecule has 1 fully saturated rings. The molecule has 0 bridgehead atoms. The van der Waals surface area contributed by atoms with Gasteiger partial charge in [0.25, 0.3) is 0 Å². The van der Waals surface area contributed by atoms with Crippen LogP contribution < -0.4 is 4.90 Å². The van der Waals surface area contributed by atoms with Crippen molar-refractivity contribution in [3.05, 3.63) is 65.3 Å². The lowest BCUT2D eigenvalue weighted by Gasteiger charge is -2.35. The van der Waals surface area contributed by atoms with Gasteiger partial charge in [-0.2, -0.15) is 0 Å². The van der Waals surface area contributed by atoms with Crippen molar-refractivity contribution < 1.29 is 8.81 Å². The van der Waals surface area contributed by atoms with Gasteiger partial charge in [0.2, 0.25) is 11.8 Å². The number of benzene rings is 2. The molecular weight excluding hydrogens is 355 g/mol. The lowest BCUT2D eigenvalue weighted by Crippen LogP contribution is -2.46. The summed E-state index contributed by atoms with van der Waals surface area (Å²) in [6.45, 7) is 3.72. The normalized spacial score (nSPS) is 15.4. The molecule has 0 aliphatic carbocycles. The summed E-state index contributed by atoms with van der Waals surface area (Å²) in [6.07, 6.45) is 0. The van der Waals surface area contributed by atoms with E-state index in [9.17, 15) is 4.39 Å². The van der Waals surface area contributed by atoms with Gasteiger partial charge in [-0.1, -0.05) is 29.8 Å². The maximum Gasteiger partial charge on any atom is 0.247 e. The van der Waals surface area contributed by atoms with Crippen molar-refractivity contribution in [3.8, 4) is 11.5 Å². The maximum absolute atomic E-state index is 13.9. The number of halogens is 2. The molecule has 134 valence electrons. The maximum atomic E-state index is 13.9. The lowest BCUT2D eigenvalue weighted by atomic mass is 10.2. The topological polar surface area (TPSA) is 45.4 Å².